The van der Waals surface area contributed by atoms with E-state index in [-0.39, 0.29) is 12.6 Å². The third-order valence-electron chi connectivity index (χ3n) is 2.03. The van der Waals surface area contributed by atoms with Gasteiger partial charge in [-0.25, -0.2) is 0 Å². The molecular weight excluding hydrogens is 235 g/mol. The SMILES string of the molecule is CC(CCN(C)C)NC(=O)CNCC(F)(F)F. The summed E-state index contributed by atoms with van der Waals surface area (Å²) in [6.07, 6.45) is -3.52. The van der Waals surface area contributed by atoms with Crippen molar-refractivity contribution in [1.82, 2.24) is 15.5 Å². The average molecular weight is 255 g/mol. The van der Waals surface area contributed by atoms with Crippen LogP contribution in [0.2, 0.25) is 0 Å². The van der Waals surface area contributed by atoms with E-state index < -0.39 is 18.6 Å². The number of hydrogen-bond donors (Lipinski definition) is 2. The lowest BCUT2D eigenvalue weighted by molar-refractivity contribution is -0.128. The molecule has 0 aromatic heterocycles. The van der Waals surface area contributed by atoms with Crippen LogP contribution in [0.4, 0.5) is 13.2 Å². The van der Waals surface area contributed by atoms with Crippen LogP contribution in [0.25, 0.3) is 0 Å². The highest BCUT2D eigenvalue weighted by molar-refractivity contribution is 5.78. The van der Waals surface area contributed by atoms with Crippen LogP contribution >= 0.6 is 0 Å². The van der Waals surface area contributed by atoms with Crippen molar-refractivity contribution in [3.8, 4) is 0 Å². The number of nitrogens with one attached hydrogen (secondary N) is 2. The molecule has 0 spiro atoms. The second-order valence-electron chi connectivity index (χ2n) is 4.28. The summed E-state index contributed by atoms with van der Waals surface area (Å²) >= 11 is 0. The molecule has 0 fully saturated rings. The molecular formula is C10H20F3N3O. The number of carbonyl (C=O) groups is 1. The summed E-state index contributed by atoms with van der Waals surface area (Å²) in [7, 11) is 3.83. The Hall–Kier alpha value is -0.820. The Morgan fingerprint density at radius 2 is 1.94 bits per heavy atom. The quantitative estimate of drug-likeness (QED) is 0.700. The van der Waals surface area contributed by atoms with Crippen LogP contribution in [0.1, 0.15) is 13.3 Å². The predicted octanol–water partition coefficient (Wildman–Crippen LogP) is 0.595. The summed E-state index contributed by atoms with van der Waals surface area (Å²) in [5.74, 6) is -0.416. The van der Waals surface area contributed by atoms with Gasteiger partial charge in [0.1, 0.15) is 0 Å². The summed E-state index contributed by atoms with van der Waals surface area (Å²) < 4.78 is 35.3. The first-order chi connectivity index (χ1) is 7.70. The Labute approximate surface area is 99.5 Å². The van der Waals surface area contributed by atoms with Gasteiger partial charge in [0.15, 0.2) is 0 Å². The monoisotopic (exact) mass is 255 g/mol. The van der Waals surface area contributed by atoms with Gasteiger partial charge in [-0.05, 0) is 34.0 Å². The molecule has 0 rings (SSSR count). The number of hydrogen-bond acceptors (Lipinski definition) is 3. The van der Waals surface area contributed by atoms with Crippen LogP contribution in [0.3, 0.4) is 0 Å². The molecule has 1 unspecified atom stereocenters. The molecule has 0 saturated carbocycles. The van der Waals surface area contributed by atoms with Crippen molar-refractivity contribution in [2.45, 2.75) is 25.6 Å². The molecule has 0 heterocycles. The zero-order chi connectivity index (χ0) is 13.5. The van der Waals surface area contributed by atoms with E-state index in [4.69, 9.17) is 0 Å². The van der Waals surface area contributed by atoms with Crippen LogP contribution in [0.5, 0.6) is 0 Å². The van der Waals surface area contributed by atoms with Crippen molar-refractivity contribution in [1.29, 1.82) is 0 Å². The molecule has 0 saturated heterocycles. The minimum absolute atomic E-state index is 0.0439. The molecule has 1 atom stereocenters. The van der Waals surface area contributed by atoms with E-state index >= 15 is 0 Å². The van der Waals surface area contributed by atoms with E-state index in [2.05, 4.69) is 5.32 Å². The van der Waals surface area contributed by atoms with Gasteiger partial charge < -0.3 is 15.5 Å². The smallest absolute Gasteiger partial charge is 0.352 e. The Morgan fingerprint density at radius 3 is 2.41 bits per heavy atom. The van der Waals surface area contributed by atoms with Crippen LogP contribution in [-0.2, 0) is 4.79 Å². The largest absolute Gasteiger partial charge is 0.401 e. The van der Waals surface area contributed by atoms with Gasteiger partial charge in [0, 0.05) is 6.04 Å². The van der Waals surface area contributed by atoms with Crippen molar-refractivity contribution in [3.05, 3.63) is 0 Å². The lowest BCUT2D eigenvalue weighted by Gasteiger charge is -2.17. The Bertz CT molecular complexity index is 231. The van der Waals surface area contributed by atoms with Gasteiger partial charge in [0.05, 0.1) is 13.1 Å². The van der Waals surface area contributed by atoms with E-state index in [1.54, 1.807) is 0 Å². The molecule has 0 aliphatic rings. The second-order valence-corrected chi connectivity index (χ2v) is 4.28. The normalized spacial score (nSPS) is 13.8. The molecule has 17 heavy (non-hydrogen) atoms. The van der Waals surface area contributed by atoms with Crippen molar-refractivity contribution >= 4 is 5.91 Å². The van der Waals surface area contributed by atoms with Gasteiger partial charge in [-0.2, -0.15) is 13.2 Å². The van der Waals surface area contributed by atoms with E-state index in [9.17, 15) is 18.0 Å². The fourth-order valence-corrected chi connectivity index (χ4v) is 1.17. The highest BCUT2D eigenvalue weighted by Crippen LogP contribution is 2.11. The summed E-state index contributed by atoms with van der Waals surface area (Å²) in [6, 6.07) is -0.0439. The Balaban J connectivity index is 3.64. The molecule has 102 valence electrons. The second kappa shape index (κ2) is 7.50. The fourth-order valence-electron chi connectivity index (χ4n) is 1.17. The molecule has 2 N–H and O–H groups in total. The molecule has 0 aromatic rings. The van der Waals surface area contributed by atoms with E-state index in [0.717, 1.165) is 13.0 Å². The lowest BCUT2D eigenvalue weighted by Crippen LogP contribution is -2.42. The highest BCUT2D eigenvalue weighted by atomic mass is 19.4. The van der Waals surface area contributed by atoms with E-state index in [1.165, 1.54) is 0 Å². The topological polar surface area (TPSA) is 44.4 Å². The van der Waals surface area contributed by atoms with Crippen LogP contribution in [0, 0.1) is 0 Å². The maximum absolute atomic E-state index is 11.8. The fraction of sp³-hybridized carbons (Fsp3) is 0.900. The summed E-state index contributed by atoms with van der Waals surface area (Å²) in [6.45, 7) is 1.18. The van der Waals surface area contributed by atoms with Crippen molar-refractivity contribution in [3.63, 3.8) is 0 Å². The predicted molar refractivity (Wildman–Crippen MR) is 59.7 cm³/mol. The Kier molecular flexibility index (Phi) is 7.13. The van der Waals surface area contributed by atoms with E-state index in [1.807, 2.05) is 31.2 Å². The maximum Gasteiger partial charge on any atom is 0.401 e. The zero-order valence-electron chi connectivity index (χ0n) is 10.4. The van der Waals surface area contributed by atoms with Gasteiger partial charge in [0.2, 0.25) is 5.91 Å². The number of rotatable bonds is 7. The first-order valence-electron chi connectivity index (χ1n) is 5.42. The number of halogens is 3. The number of carbonyl (C=O) groups excluding carboxylic acids is 1. The van der Waals surface area contributed by atoms with Crippen LogP contribution in [0.15, 0.2) is 0 Å². The first-order valence-corrected chi connectivity index (χ1v) is 5.42. The molecule has 0 radical (unpaired) electrons. The molecule has 1 amide bonds. The molecule has 0 aliphatic carbocycles. The van der Waals surface area contributed by atoms with Gasteiger partial charge in [-0.1, -0.05) is 0 Å². The summed E-state index contributed by atoms with van der Waals surface area (Å²) in [5, 5.41) is 4.67. The number of amides is 1. The average Bonchev–Trinajstić information content (AvgIpc) is 2.12. The van der Waals surface area contributed by atoms with E-state index in [0.29, 0.717) is 0 Å². The van der Waals surface area contributed by atoms with Crippen LogP contribution in [-0.4, -0.2) is 56.8 Å². The van der Waals surface area contributed by atoms with Crippen molar-refractivity contribution < 1.29 is 18.0 Å². The van der Waals surface area contributed by atoms with Gasteiger partial charge in [-0.3, -0.25) is 4.79 Å². The Morgan fingerprint density at radius 1 is 1.35 bits per heavy atom. The third-order valence-corrected chi connectivity index (χ3v) is 2.03. The van der Waals surface area contributed by atoms with Crippen molar-refractivity contribution in [2.24, 2.45) is 0 Å². The minimum atomic E-state index is -4.28. The van der Waals surface area contributed by atoms with Gasteiger partial charge in [-0.15, -0.1) is 0 Å². The number of alkyl halides is 3. The molecule has 7 heteroatoms. The molecule has 4 nitrogen and oxygen atoms in total. The zero-order valence-corrected chi connectivity index (χ0v) is 10.4. The number of nitrogens with zero attached hydrogens (tertiary/aromatic N) is 1. The first kappa shape index (κ1) is 16.2. The lowest BCUT2D eigenvalue weighted by atomic mass is 10.2. The van der Waals surface area contributed by atoms with Gasteiger partial charge in [0.25, 0.3) is 0 Å². The minimum Gasteiger partial charge on any atom is -0.352 e. The van der Waals surface area contributed by atoms with Crippen molar-refractivity contribution in [2.75, 3.05) is 33.7 Å². The summed E-state index contributed by atoms with van der Waals surface area (Å²) in [5.41, 5.74) is 0. The molecule has 0 aromatic carbocycles. The van der Waals surface area contributed by atoms with Crippen LogP contribution < -0.4 is 10.6 Å². The molecule has 0 bridgehead atoms. The highest BCUT2D eigenvalue weighted by Gasteiger charge is 2.26. The van der Waals surface area contributed by atoms with Gasteiger partial charge >= 0.3 is 6.18 Å². The summed E-state index contributed by atoms with van der Waals surface area (Å²) in [4.78, 5) is 13.2. The standard InChI is InChI=1S/C10H20F3N3O/c1-8(4-5-16(2)3)15-9(17)6-14-7-10(11,12)13/h8,14H,4-7H2,1-3H3,(H,15,17). The maximum atomic E-state index is 11.8. The third kappa shape index (κ3) is 11.4. The molecule has 0 aliphatic heterocycles.